The lowest BCUT2D eigenvalue weighted by Crippen LogP contribution is -2.48. The van der Waals surface area contributed by atoms with Crippen LogP contribution in [0, 0.1) is 0 Å². The van der Waals surface area contributed by atoms with E-state index in [0.717, 1.165) is 18.4 Å². The minimum Gasteiger partial charge on any atom is -0.479 e. The standard InChI is InChI=1S/C21H31NO6/c1-2-3-9-18(21(25)26)28-19(14-16-7-5-4-6-8-16)20(24)22-12-10-17(11-13-22)27-15-23/h4-8,17-19,23H,2-3,9-15H2,1H3,(H,25,26)/t18-,19-/m0/s1. The van der Waals surface area contributed by atoms with Crippen molar-refractivity contribution in [3.63, 3.8) is 0 Å². The summed E-state index contributed by atoms with van der Waals surface area (Å²) in [5.41, 5.74) is 0.930. The van der Waals surface area contributed by atoms with E-state index in [2.05, 4.69) is 0 Å². The highest BCUT2D eigenvalue weighted by atomic mass is 16.6. The van der Waals surface area contributed by atoms with Gasteiger partial charge in [0.2, 0.25) is 0 Å². The molecule has 0 spiro atoms. The fraction of sp³-hybridized carbons (Fsp3) is 0.619. The van der Waals surface area contributed by atoms with E-state index < -0.39 is 18.2 Å². The summed E-state index contributed by atoms with van der Waals surface area (Å²) >= 11 is 0. The molecule has 28 heavy (non-hydrogen) atoms. The number of benzene rings is 1. The molecular weight excluding hydrogens is 362 g/mol. The first-order chi connectivity index (χ1) is 13.5. The number of amides is 1. The third-order valence-electron chi connectivity index (χ3n) is 5.03. The Hall–Kier alpha value is -1.96. The number of hydrogen-bond acceptors (Lipinski definition) is 5. The second-order valence-corrected chi connectivity index (χ2v) is 7.10. The molecule has 2 rings (SSSR count). The average Bonchev–Trinajstić information content (AvgIpc) is 2.71. The van der Waals surface area contributed by atoms with Crippen LogP contribution in [0.1, 0.15) is 44.6 Å². The van der Waals surface area contributed by atoms with E-state index in [1.165, 1.54) is 0 Å². The van der Waals surface area contributed by atoms with Crippen molar-refractivity contribution >= 4 is 11.9 Å². The average molecular weight is 393 g/mol. The molecule has 156 valence electrons. The summed E-state index contributed by atoms with van der Waals surface area (Å²) in [5.74, 6) is -1.22. The van der Waals surface area contributed by atoms with Crippen LogP contribution in [0.4, 0.5) is 0 Å². The zero-order chi connectivity index (χ0) is 20.4. The number of carbonyl (C=O) groups excluding carboxylic acids is 1. The molecule has 0 saturated carbocycles. The van der Waals surface area contributed by atoms with Crippen molar-refractivity contribution in [1.82, 2.24) is 4.90 Å². The van der Waals surface area contributed by atoms with Crippen LogP contribution in [0.25, 0.3) is 0 Å². The van der Waals surface area contributed by atoms with E-state index in [0.29, 0.717) is 38.8 Å². The maximum Gasteiger partial charge on any atom is 0.332 e. The quantitative estimate of drug-likeness (QED) is 0.560. The fourth-order valence-electron chi connectivity index (χ4n) is 3.41. The molecule has 7 nitrogen and oxygen atoms in total. The van der Waals surface area contributed by atoms with Gasteiger partial charge in [-0.1, -0.05) is 50.1 Å². The van der Waals surface area contributed by atoms with Crippen LogP contribution in [-0.2, 0) is 25.5 Å². The molecule has 2 N–H and O–H groups in total. The minimum absolute atomic E-state index is 0.0566. The van der Waals surface area contributed by atoms with Gasteiger partial charge in [-0.2, -0.15) is 0 Å². The van der Waals surface area contributed by atoms with Crippen LogP contribution in [0.5, 0.6) is 0 Å². The van der Waals surface area contributed by atoms with E-state index in [1.807, 2.05) is 37.3 Å². The van der Waals surface area contributed by atoms with Crippen LogP contribution in [-0.4, -0.2) is 65.2 Å². The first-order valence-corrected chi connectivity index (χ1v) is 9.98. The van der Waals surface area contributed by atoms with E-state index in [4.69, 9.17) is 14.6 Å². The van der Waals surface area contributed by atoms with Crippen molar-refractivity contribution in [3.8, 4) is 0 Å². The number of unbranched alkanes of at least 4 members (excludes halogenated alkanes) is 1. The molecular formula is C21H31NO6. The predicted octanol–water partition coefficient (Wildman–Crippen LogP) is 2.22. The van der Waals surface area contributed by atoms with E-state index in [9.17, 15) is 14.7 Å². The van der Waals surface area contributed by atoms with Gasteiger partial charge in [0, 0.05) is 19.5 Å². The number of carboxylic acid groups (broad SMARTS) is 1. The van der Waals surface area contributed by atoms with E-state index >= 15 is 0 Å². The maximum atomic E-state index is 13.1. The monoisotopic (exact) mass is 393 g/mol. The highest BCUT2D eigenvalue weighted by Gasteiger charge is 2.32. The summed E-state index contributed by atoms with van der Waals surface area (Å²) in [5, 5.41) is 18.4. The molecule has 1 aromatic carbocycles. The normalized spacial score (nSPS) is 17.3. The highest BCUT2D eigenvalue weighted by molar-refractivity contribution is 5.82. The van der Waals surface area contributed by atoms with Crippen LogP contribution < -0.4 is 0 Å². The van der Waals surface area contributed by atoms with Gasteiger partial charge in [0.1, 0.15) is 12.9 Å². The second kappa shape index (κ2) is 11.8. The number of likely N-dealkylation sites (tertiary alicyclic amines) is 1. The fourth-order valence-corrected chi connectivity index (χ4v) is 3.41. The second-order valence-electron chi connectivity index (χ2n) is 7.10. The Morgan fingerprint density at radius 1 is 1.18 bits per heavy atom. The summed E-state index contributed by atoms with van der Waals surface area (Å²) in [4.78, 5) is 26.4. The molecule has 7 heteroatoms. The third-order valence-corrected chi connectivity index (χ3v) is 5.03. The van der Waals surface area contributed by atoms with Crippen molar-refractivity contribution in [3.05, 3.63) is 35.9 Å². The predicted molar refractivity (Wildman–Crippen MR) is 104 cm³/mol. The lowest BCUT2D eigenvalue weighted by molar-refractivity contribution is -0.164. The molecule has 1 amide bonds. The number of rotatable bonds is 11. The first kappa shape index (κ1) is 22.3. The largest absolute Gasteiger partial charge is 0.479 e. The van der Waals surface area contributed by atoms with E-state index in [-0.39, 0.29) is 18.8 Å². The molecule has 1 fully saturated rings. The zero-order valence-electron chi connectivity index (χ0n) is 16.5. The minimum atomic E-state index is -1.03. The maximum absolute atomic E-state index is 13.1. The molecule has 0 aliphatic carbocycles. The Morgan fingerprint density at radius 2 is 1.86 bits per heavy atom. The third kappa shape index (κ3) is 6.89. The highest BCUT2D eigenvalue weighted by Crippen LogP contribution is 2.19. The zero-order valence-corrected chi connectivity index (χ0v) is 16.5. The Kier molecular flexibility index (Phi) is 9.40. The van der Waals surface area contributed by atoms with Gasteiger partial charge in [0.25, 0.3) is 5.91 Å². The van der Waals surface area contributed by atoms with Crippen LogP contribution >= 0.6 is 0 Å². The smallest absolute Gasteiger partial charge is 0.332 e. The van der Waals surface area contributed by atoms with Gasteiger partial charge < -0.3 is 24.6 Å². The summed E-state index contributed by atoms with van der Waals surface area (Å²) in [6.45, 7) is 2.68. The summed E-state index contributed by atoms with van der Waals surface area (Å²) in [6, 6.07) is 9.49. The number of aliphatic hydroxyl groups is 1. The number of piperidine rings is 1. The molecule has 1 saturated heterocycles. The number of ether oxygens (including phenoxy) is 2. The van der Waals surface area contributed by atoms with Crippen molar-refractivity contribution in [2.45, 2.75) is 63.8 Å². The Bertz CT molecular complexity index is 600. The molecule has 1 aliphatic rings. The Labute approximate surface area is 166 Å². The summed E-state index contributed by atoms with van der Waals surface area (Å²) in [6.07, 6.45) is 1.71. The SMILES string of the molecule is CCCC[C@H](O[C@@H](Cc1ccccc1)C(=O)N1CCC(OCO)CC1)C(=O)O. The van der Waals surface area contributed by atoms with Gasteiger partial charge in [0.05, 0.1) is 6.10 Å². The number of carbonyl (C=O) groups is 2. The number of aliphatic hydroxyl groups excluding tert-OH is 1. The van der Waals surface area contributed by atoms with Crippen molar-refractivity contribution in [2.24, 2.45) is 0 Å². The molecule has 0 unspecified atom stereocenters. The number of aliphatic carboxylic acids is 1. The number of hydrogen-bond donors (Lipinski definition) is 2. The molecule has 0 aromatic heterocycles. The van der Waals surface area contributed by atoms with Gasteiger partial charge in [-0.3, -0.25) is 4.79 Å². The Morgan fingerprint density at radius 3 is 2.43 bits per heavy atom. The lowest BCUT2D eigenvalue weighted by atomic mass is 10.0. The van der Waals surface area contributed by atoms with Crippen molar-refractivity contribution < 1.29 is 29.3 Å². The Balaban J connectivity index is 2.08. The van der Waals surface area contributed by atoms with Crippen LogP contribution in [0.3, 0.4) is 0 Å². The van der Waals surface area contributed by atoms with Crippen LogP contribution in [0.15, 0.2) is 30.3 Å². The lowest BCUT2D eigenvalue weighted by Gasteiger charge is -2.34. The molecule has 0 bridgehead atoms. The number of carboxylic acids is 1. The van der Waals surface area contributed by atoms with Crippen molar-refractivity contribution in [2.75, 3.05) is 19.9 Å². The molecule has 1 heterocycles. The summed E-state index contributed by atoms with van der Waals surface area (Å²) < 4.78 is 11.1. The van der Waals surface area contributed by atoms with Crippen LogP contribution in [0.2, 0.25) is 0 Å². The first-order valence-electron chi connectivity index (χ1n) is 9.98. The molecule has 1 aromatic rings. The number of nitrogens with zero attached hydrogens (tertiary/aromatic N) is 1. The molecule has 1 aliphatic heterocycles. The van der Waals surface area contributed by atoms with Gasteiger partial charge in [-0.05, 0) is 24.8 Å². The topological polar surface area (TPSA) is 96.3 Å². The molecule has 0 radical (unpaired) electrons. The molecule has 2 atom stereocenters. The van der Waals surface area contributed by atoms with Crippen molar-refractivity contribution in [1.29, 1.82) is 0 Å². The van der Waals surface area contributed by atoms with Gasteiger partial charge >= 0.3 is 5.97 Å². The summed E-state index contributed by atoms with van der Waals surface area (Å²) in [7, 11) is 0. The van der Waals surface area contributed by atoms with Gasteiger partial charge in [0.15, 0.2) is 6.10 Å². The van der Waals surface area contributed by atoms with E-state index in [1.54, 1.807) is 4.90 Å². The van der Waals surface area contributed by atoms with Gasteiger partial charge in [-0.25, -0.2) is 4.79 Å². The van der Waals surface area contributed by atoms with Gasteiger partial charge in [-0.15, -0.1) is 0 Å².